The third kappa shape index (κ3) is 65.2. The summed E-state index contributed by atoms with van der Waals surface area (Å²) in [5.74, 6) is -0.189. The third-order valence-corrected chi connectivity index (χ3v) is 16.6. The summed E-state index contributed by atoms with van der Waals surface area (Å²) in [7, 11) is 1.55. The molecule has 0 aliphatic heterocycles. The van der Waals surface area contributed by atoms with Crippen LogP contribution in [0.15, 0.2) is 85.1 Å². The van der Waals surface area contributed by atoms with Crippen LogP contribution in [0.5, 0.6) is 0 Å². The van der Waals surface area contributed by atoms with Crippen molar-refractivity contribution in [2.75, 3.05) is 40.9 Å². The van der Waals surface area contributed by atoms with Gasteiger partial charge in [0.2, 0.25) is 5.91 Å². The maximum atomic E-state index is 13.0. The number of carbonyl (C=O) groups is 1. The second-order valence-corrected chi connectivity index (χ2v) is 26.3. The SMILES string of the molecule is CC/C=C\C/C=C\C/C=C\C/C=C\CCCCCCCCCCCCCCCCCCC(=O)NC(COP(=O)(O)OCC[N+](C)(C)C)C(O)/C=C/CC/C=C/CC/C=C/CCCCCCCCCCCCCCCCCCCCCCC. The van der Waals surface area contributed by atoms with Crippen molar-refractivity contribution in [1.29, 1.82) is 0 Å². The van der Waals surface area contributed by atoms with Crippen LogP contribution in [0.1, 0.15) is 322 Å². The van der Waals surface area contributed by atoms with E-state index >= 15 is 0 Å². The van der Waals surface area contributed by atoms with Crippen molar-refractivity contribution in [2.24, 2.45) is 0 Å². The summed E-state index contributed by atoms with van der Waals surface area (Å²) in [6.07, 6.45) is 90.3. The van der Waals surface area contributed by atoms with Gasteiger partial charge in [0.05, 0.1) is 39.9 Å². The molecule has 82 heavy (non-hydrogen) atoms. The molecule has 0 aliphatic carbocycles. The molecule has 0 bridgehead atoms. The van der Waals surface area contributed by atoms with Crippen LogP contribution in [0.25, 0.3) is 0 Å². The fraction of sp³-hybridized carbons (Fsp3) is 0.795. The highest BCUT2D eigenvalue weighted by Gasteiger charge is 2.28. The summed E-state index contributed by atoms with van der Waals surface area (Å²) >= 11 is 0. The van der Waals surface area contributed by atoms with Crippen molar-refractivity contribution < 1.29 is 32.9 Å². The Kier molecular flexibility index (Phi) is 61.4. The zero-order valence-electron chi connectivity index (χ0n) is 54.7. The van der Waals surface area contributed by atoms with Gasteiger partial charge in [-0.15, -0.1) is 0 Å². The van der Waals surface area contributed by atoms with Crippen LogP contribution in [0, 0.1) is 0 Å². The van der Waals surface area contributed by atoms with Crippen molar-refractivity contribution in [3.63, 3.8) is 0 Å². The van der Waals surface area contributed by atoms with E-state index in [0.29, 0.717) is 17.4 Å². The Morgan fingerprint density at radius 3 is 1.12 bits per heavy atom. The number of carbonyl (C=O) groups excluding carboxylic acids is 1. The van der Waals surface area contributed by atoms with Gasteiger partial charge in [0.1, 0.15) is 13.2 Å². The lowest BCUT2D eigenvalue weighted by atomic mass is 10.0. The third-order valence-electron chi connectivity index (χ3n) is 15.6. The monoisotopic (exact) mass is 1170 g/mol. The number of hydrogen-bond acceptors (Lipinski definition) is 5. The number of aliphatic hydroxyl groups excluding tert-OH is 1. The number of likely N-dealkylation sites (N-methyl/N-ethyl adjacent to an activating group) is 1. The minimum absolute atomic E-state index is 0.0514. The molecule has 0 heterocycles. The van der Waals surface area contributed by atoms with Gasteiger partial charge >= 0.3 is 7.82 Å². The quantitative estimate of drug-likeness (QED) is 0.0243. The molecule has 3 N–H and O–H groups in total. The topological polar surface area (TPSA) is 105 Å². The van der Waals surface area contributed by atoms with Crippen LogP contribution < -0.4 is 5.32 Å². The first-order valence-electron chi connectivity index (χ1n) is 35.0. The number of phosphoric ester groups is 1. The Labute approximate surface area is 509 Å². The molecule has 3 atom stereocenters. The zero-order valence-corrected chi connectivity index (χ0v) is 55.6. The molecule has 3 unspecified atom stereocenters. The molecule has 0 saturated heterocycles. The minimum atomic E-state index is -4.37. The molecule has 0 radical (unpaired) electrons. The lowest BCUT2D eigenvalue weighted by molar-refractivity contribution is -0.870. The van der Waals surface area contributed by atoms with Crippen molar-refractivity contribution in [3.05, 3.63) is 85.1 Å². The Balaban J connectivity index is 4.13. The number of aliphatic hydroxyl groups is 1. The Morgan fingerprint density at radius 1 is 0.427 bits per heavy atom. The standard InChI is InChI=1S/C73H135N2O6P/c1-6-8-10-12-14-16-18-20-22-24-26-28-30-32-34-36-37-39-40-42-44-46-48-50-52-54-56-58-60-62-64-66-72(76)71(70-81-82(78,79)80-69-68-75(3,4)5)74-73(77)67-65-63-61-59-57-55-53-51-49-47-45-43-41-38-35-33-31-29-27-25-23-21-19-17-15-13-11-9-7-2/h9,11,15,17,21,23,27,29,48,50,56,58,64,66,71-72,76H,6-8,10,12-14,16,18-20,22,24-26,28,30-47,49,51-55,57,59-63,65,67-70H2,1-5H3,(H-,74,77,78,79)/p+1/b11-9-,17-15-,23-21-,29-27-,50-48+,58-56+,66-64+. The highest BCUT2D eigenvalue weighted by Crippen LogP contribution is 2.43. The second-order valence-electron chi connectivity index (χ2n) is 24.9. The highest BCUT2D eigenvalue weighted by atomic mass is 31.2. The molecule has 0 aromatic carbocycles. The van der Waals surface area contributed by atoms with E-state index < -0.39 is 20.0 Å². The van der Waals surface area contributed by atoms with E-state index in [1.54, 1.807) is 6.08 Å². The fourth-order valence-electron chi connectivity index (χ4n) is 10.2. The average Bonchev–Trinajstić information content (AvgIpc) is 3.47. The van der Waals surface area contributed by atoms with Gasteiger partial charge in [-0.05, 0) is 83.5 Å². The summed E-state index contributed by atoms with van der Waals surface area (Å²) < 4.78 is 23.8. The number of rotatable bonds is 64. The molecule has 0 aromatic rings. The van der Waals surface area contributed by atoms with Gasteiger partial charge in [-0.3, -0.25) is 13.8 Å². The van der Waals surface area contributed by atoms with Crippen LogP contribution in [-0.2, 0) is 18.4 Å². The number of allylic oxidation sites excluding steroid dienone is 13. The van der Waals surface area contributed by atoms with E-state index in [1.165, 1.54) is 231 Å². The maximum absolute atomic E-state index is 13.0. The molecular weight excluding hydrogens is 1030 g/mol. The normalized spacial score (nSPS) is 14.2. The predicted molar refractivity (Wildman–Crippen MR) is 360 cm³/mol. The molecule has 0 rings (SSSR count). The van der Waals surface area contributed by atoms with Crippen molar-refractivity contribution in [3.8, 4) is 0 Å². The number of amides is 1. The van der Waals surface area contributed by atoms with Gasteiger partial charge in [-0.1, -0.05) is 317 Å². The van der Waals surface area contributed by atoms with E-state index in [2.05, 4.69) is 92.1 Å². The van der Waals surface area contributed by atoms with Gasteiger partial charge < -0.3 is 19.8 Å². The van der Waals surface area contributed by atoms with Crippen molar-refractivity contribution in [1.82, 2.24) is 5.32 Å². The summed E-state index contributed by atoms with van der Waals surface area (Å²) in [6.45, 7) is 4.71. The highest BCUT2D eigenvalue weighted by molar-refractivity contribution is 7.47. The van der Waals surface area contributed by atoms with E-state index in [9.17, 15) is 19.4 Å². The lowest BCUT2D eigenvalue weighted by Gasteiger charge is -2.25. The van der Waals surface area contributed by atoms with Crippen molar-refractivity contribution >= 4 is 13.7 Å². The van der Waals surface area contributed by atoms with Gasteiger partial charge in [-0.2, -0.15) is 0 Å². The predicted octanol–water partition coefficient (Wildman–Crippen LogP) is 22.3. The molecule has 0 saturated carbocycles. The molecule has 9 heteroatoms. The summed E-state index contributed by atoms with van der Waals surface area (Å²) in [6, 6.07) is -0.875. The number of unbranched alkanes of at least 4 members (excludes halogenated alkanes) is 39. The summed E-state index contributed by atoms with van der Waals surface area (Å²) in [4.78, 5) is 23.4. The van der Waals surface area contributed by atoms with Gasteiger partial charge in [0.25, 0.3) is 0 Å². The largest absolute Gasteiger partial charge is 0.472 e. The van der Waals surface area contributed by atoms with Crippen LogP contribution in [0.4, 0.5) is 0 Å². The second kappa shape index (κ2) is 63.2. The molecule has 478 valence electrons. The molecule has 0 spiro atoms. The van der Waals surface area contributed by atoms with Gasteiger partial charge in [0.15, 0.2) is 0 Å². The molecule has 1 amide bonds. The molecule has 0 aliphatic rings. The number of nitrogens with one attached hydrogen (secondary N) is 1. The van der Waals surface area contributed by atoms with E-state index in [4.69, 9.17) is 9.05 Å². The van der Waals surface area contributed by atoms with E-state index in [1.807, 2.05) is 27.2 Å². The number of nitrogens with zero attached hydrogens (tertiary/aromatic N) is 1. The summed E-state index contributed by atoms with van der Waals surface area (Å²) in [5, 5.41) is 14.0. The Hall–Kier alpha value is -2.32. The van der Waals surface area contributed by atoms with Crippen molar-refractivity contribution in [2.45, 2.75) is 334 Å². The minimum Gasteiger partial charge on any atom is -0.387 e. The summed E-state index contributed by atoms with van der Waals surface area (Å²) in [5.41, 5.74) is 0. The Morgan fingerprint density at radius 2 is 0.744 bits per heavy atom. The maximum Gasteiger partial charge on any atom is 0.472 e. The molecule has 8 nitrogen and oxygen atoms in total. The lowest BCUT2D eigenvalue weighted by Crippen LogP contribution is -2.45. The van der Waals surface area contributed by atoms with Crippen LogP contribution in [0.3, 0.4) is 0 Å². The average molecular weight is 1170 g/mol. The van der Waals surface area contributed by atoms with Gasteiger partial charge in [-0.25, -0.2) is 4.57 Å². The Bertz CT molecular complexity index is 1610. The molecule has 0 aromatic heterocycles. The zero-order chi connectivity index (χ0) is 59.8. The van der Waals surface area contributed by atoms with E-state index in [0.717, 1.165) is 70.6 Å². The number of hydrogen-bond donors (Lipinski definition) is 3. The molecule has 0 fully saturated rings. The first-order chi connectivity index (χ1) is 40.0. The number of phosphoric acid groups is 1. The smallest absolute Gasteiger partial charge is 0.387 e. The van der Waals surface area contributed by atoms with Crippen LogP contribution in [-0.4, -0.2) is 73.4 Å². The first kappa shape index (κ1) is 79.7. The van der Waals surface area contributed by atoms with Crippen LogP contribution >= 0.6 is 7.82 Å². The van der Waals surface area contributed by atoms with E-state index in [-0.39, 0.29) is 19.1 Å². The van der Waals surface area contributed by atoms with Gasteiger partial charge in [0, 0.05) is 6.42 Å². The number of quaternary nitrogens is 1. The fourth-order valence-corrected chi connectivity index (χ4v) is 10.9. The first-order valence-corrected chi connectivity index (χ1v) is 36.5. The van der Waals surface area contributed by atoms with Crippen LogP contribution in [0.2, 0.25) is 0 Å². The molecular formula is C73H136N2O6P+.